The van der Waals surface area contributed by atoms with Gasteiger partial charge in [-0.05, 0) is 36.6 Å². The second kappa shape index (κ2) is 3.72. The van der Waals surface area contributed by atoms with Crippen molar-refractivity contribution in [3.63, 3.8) is 0 Å². The molecule has 2 unspecified atom stereocenters. The molecule has 0 radical (unpaired) electrons. The highest BCUT2D eigenvalue weighted by atomic mass is 16.3. The Kier molecular flexibility index (Phi) is 2.18. The predicted molar refractivity (Wildman–Crippen MR) is 81.9 cm³/mol. The number of fused-ring (bicyclic) bond motifs is 3. The van der Waals surface area contributed by atoms with E-state index in [0.29, 0.717) is 5.92 Å². The Balaban J connectivity index is 1.96. The summed E-state index contributed by atoms with van der Waals surface area (Å²) < 4.78 is 5.94. The molecule has 0 amide bonds. The quantitative estimate of drug-likeness (QED) is 0.592. The molecule has 2 atom stereocenters. The maximum Gasteiger partial charge on any atom is 0.227 e. The van der Waals surface area contributed by atoms with E-state index in [-0.39, 0.29) is 5.41 Å². The maximum absolute atomic E-state index is 5.94. The summed E-state index contributed by atoms with van der Waals surface area (Å²) in [4.78, 5) is 4.47. The number of furan rings is 1. The van der Waals surface area contributed by atoms with E-state index in [0.717, 1.165) is 27.8 Å². The molecule has 1 aliphatic rings. The summed E-state index contributed by atoms with van der Waals surface area (Å²) in [6.07, 6.45) is 4.54. The minimum Gasteiger partial charge on any atom is -0.438 e. The zero-order valence-electron chi connectivity index (χ0n) is 12.0. The van der Waals surface area contributed by atoms with Gasteiger partial charge in [-0.2, -0.15) is 0 Å². The fourth-order valence-electron chi connectivity index (χ4n) is 3.02. The van der Waals surface area contributed by atoms with Crippen LogP contribution >= 0.6 is 0 Å². The van der Waals surface area contributed by atoms with Crippen molar-refractivity contribution in [3.8, 4) is 0 Å². The first kappa shape index (κ1) is 11.7. The SMILES string of the molecule is Cc1ccc2c(n1)oc1cc(C3(C)C=CC3C)ccc12. The van der Waals surface area contributed by atoms with Crippen LogP contribution in [0.25, 0.3) is 22.1 Å². The topological polar surface area (TPSA) is 26.0 Å². The first-order chi connectivity index (χ1) is 9.58. The van der Waals surface area contributed by atoms with Crippen LogP contribution in [0.5, 0.6) is 0 Å². The molecule has 1 aliphatic carbocycles. The van der Waals surface area contributed by atoms with E-state index < -0.39 is 0 Å². The van der Waals surface area contributed by atoms with Gasteiger partial charge in [-0.25, -0.2) is 4.98 Å². The van der Waals surface area contributed by atoms with Gasteiger partial charge in [0.05, 0.1) is 0 Å². The van der Waals surface area contributed by atoms with Crippen LogP contribution in [0.3, 0.4) is 0 Å². The lowest BCUT2D eigenvalue weighted by Crippen LogP contribution is -2.33. The fraction of sp³-hybridized carbons (Fsp3) is 0.278. The molecular weight excluding hydrogens is 246 g/mol. The van der Waals surface area contributed by atoms with Crippen molar-refractivity contribution in [1.82, 2.24) is 4.98 Å². The molecule has 4 rings (SSSR count). The van der Waals surface area contributed by atoms with Gasteiger partial charge in [0.15, 0.2) is 0 Å². The van der Waals surface area contributed by atoms with Gasteiger partial charge in [-0.1, -0.05) is 38.1 Å². The molecule has 2 heterocycles. The molecule has 100 valence electrons. The number of aryl methyl sites for hydroxylation is 1. The monoisotopic (exact) mass is 263 g/mol. The van der Waals surface area contributed by atoms with E-state index in [1.807, 2.05) is 13.0 Å². The van der Waals surface area contributed by atoms with Gasteiger partial charge in [0, 0.05) is 21.9 Å². The zero-order valence-corrected chi connectivity index (χ0v) is 12.0. The van der Waals surface area contributed by atoms with Gasteiger partial charge in [-0.15, -0.1) is 0 Å². The highest BCUT2D eigenvalue weighted by Gasteiger charge is 2.35. The summed E-state index contributed by atoms with van der Waals surface area (Å²) in [6.45, 7) is 6.53. The summed E-state index contributed by atoms with van der Waals surface area (Å²) in [5.74, 6) is 0.574. The average Bonchev–Trinajstić information content (AvgIpc) is 2.80. The summed E-state index contributed by atoms with van der Waals surface area (Å²) >= 11 is 0. The Labute approximate surface area is 118 Å². The average molecular weight is 263 g/mol. The normalized spacial score (nSPS) is 25.2. The largest absolute Gasteiger partial charge is 0.438 e. The number of aromatic nitrogens is 1. The first-order valence-electron chi connectivity index (χ1n) is 7.08. The molecule has 2 nitrogen and oxygen atoms in total. The number of nitrogens with zero attached hydrogens (tertiary/aromatic N) is 1. The van der Waals surface area contributed by atoms with Crippen molar-refractivity contribution in [2.24, 2.45) is 5.92 Å². The van der Waals surface area contributed by atoms with Crippen LogP contribution < -0.4 is 0 Å². The molecule has 0 saturated carbocycles. The molecule has 0 fully saturated rings. The lowest BCUT2D eigenvalue weighted by Gasteiger charge is -2.39. The van der Waals surface area contributed by atoms with Gasteiger partial charge in [0.2, 0.25) is 5.71 Å². The Hall–Kier alpha value is -2.09. The third kappa shape index (κ3) is 1.42. The molecule has 1 aromatic carbocycles. The van der Waals surface area contributed by atoms with E-state index in [2.05, 4.69) is 55.2 Å². The number of hydrogen-bond acceptors (Lipinski definition) is 2. The minimum absolute atomic E-state index is 0.135. The van der Waals surface area contributed by atoms with Gasteiger partial charge in [0.1, 0.15) is 5.58 Å². The molecule has 0 N–H and O–H groups in total. The van der Waals surface area contributed by atoms with Crippen molar-refractivity contribution < 1.29 is 4.42 Å². The Bertz CT molecular complexity index is 858. The van der Waals surface area contributed by atoms with Crippen LogP contribution in [0.2, 0.25) is 0 Å². The summed E-state index contributed by atoms with van der Waals surface area (Å²) in [7, 11) is 0. The third-order valence-electron chi connectivity index (χ3n) is 4.78. The van der Waals surface area contributed by atoms with Crippen molar-refractivity contribution >= 4 is 22.1 Å². The second-order valence-corrected chi connectivity index (χ2v) is 6.05. The number of hydrogen-bond donors (Lipinski definition) is 0. The highest BCUT2D eigenvalue weighted by Crippen LogP contribution is 2.43. The molecular formula is C18H17NO. The van der Waals surface area contributed by atoms with E-state index in [9.17, 15) is 0 Å². The fourth-order valence-corrected chi connectivity index (χ4v) is 3.02. The van der Waals surface area contributed by atoms with Crippen molar-refractivity contribution in [1.29, 1.82) is 0 Å². The van der Waals surface area contributed by atoms with Crippen molar-refractivity contribution in [2.75, 3.05) is 0 Å². The molecule has 2 aromatic heterocycles. The summed E-state index contributed by atoms with van der Waals surface area (Å²) in [5.41, 5.74) is 4.11. The zero-order chi connectivity index (χ0) is 13.9. The third-order valence-corrected chi connectivity index (χ3v) is 4.78. The maximum atomic E-state index is 5.94. The van der Waals surface area contributed by atoms with Crippen molar-refractivity contribution in [2.45, 2.75) is 26.2 Å². The smallest absolute Gasteiger partial charge is 0.227 e. The molecule has 0 bridgehead atoms. The standard InChI is InChI=1S/C18H17NO/c1-11-8-9-18(11,3)13-5-7-14-15-6-4-12(2)19-17(15)20-16(14)10-13/h4-11H,1-3H3. The van der Waals surface area contributed by atoms with E-state index in [1.54, 1.807) is 0 Å². The van der Waals surface area contributed by atoms with E-state index in [1.165, 1.54) is 5.56 Å². The van der Waals surface area contributed by atoms with Crippen LogP contribution in [0.4, 0.5) is 0 Å². The van der Waals surface area contributed by atoms with Crippen LogP contribution in [0.15, 0.2) is 46.9 Å². The van der Waals surface area contributed by atoms with Crippen LogP contribution in [-0.4, -0.2) is 4.98 Å². The van der Waals surface area contributed by atoms with E-state index in [4.69, 9.17) is 4.42 Å². The van der Waals surface area contributed by atoms with Crippen LogP contribution in [0.1, 0.15) is 25.1 Å². The van der Waals surface area contributed by atoms with Crippen molar-refractivity contribution in [3.05, 3.63) is 53.7 Å². The van der Waals surface area contributed by atoms with Gasteiger partial charge in [-0.3, -0.25) is 0 Å². The first-order valence-corrected chi connectivity index (χ1v) is 7.08. The van der Waals surface area contributed by atoms with Gasteiger partial charge < -0.3 is 4.42 Å². The lowest BCUT2D eigenvalue weighted by atomic mass is 9.65. The second-order valence-electron chi connectivity index (χ2n) is 6.05. The van der Waals surface area contributed by atoms with E-state index >= 15 is 0 Å². The Morgan fingerprint density at radius 2 is 1.95 bits per heavy atom. The lowest BCUT2D eigenvalue weighted by molar-refractivity contribution is 0.411. The molecule has 2 heteroatoms. The number of pyridine rings is 1. The summed E-state index contributed by atoms with van der Waals surface area (Å²) in [5, 5.41) is 2.25. The molecule has 0 spiro atoms. The van der Waals surface area contributed by atoms with Gasteiger partial charge in [0.25, 0.3) is 0 Å². The molecule has 0 saturated heterocycles. The Morgan fingerprint density at radius 1 is 1.15 bits per heavy atom. The number of benzene rings is 1. The number of rotatable bonds is 1. The Morgan fingerprint density at radius 3 is 2.65 bits per heavy atom. The van der Waals surface area contributed by atoms with Gasteiger partial charge >= 0.3 is 0 Å². The predicted octanol–water partition coefficient (Wildman–Crippen LogP) is 4.75. The molecule has 3 aromatic rings. The molecule has 0 aliphatic heterocycles. The summed E-state index contributed by atoms with van der Waals surface area (Å²) in [6, 6.07) is 10.7. The highest BCUT2D eigenvalue weighted by molar-refractivity contribution is 6.03. The van der Waals surface area contributed by atoms with Crippen LogP contribution in [0, 0.1) is 12.8 Å². The minimum atomic E-state index is 0.135. The molecule has 20 heavy (non-hydrogen) atoms. The number of allylic oxidation sites excluding steroid dienone is 2. The van der Waals surface area contributed by atoms with Crippen LogP contribution in [-0.2, 0) is 5.41 Å².